The molecule has 1 aromatic carbocycles. The lowest BCUT2D eigenvalue weighted by Crippen LogP contribution is -2.33. The number of hydrogen-bond acceptors (Lipinski definition) is 4. The summed E-state index contributed by atoms with van der Waals surface area (Å²) in [5.74, 6) is -0.0853. The zero-order valence-electron chi connectivity index (χ0n) is 12.6. The Hall–Kier alpha value is -1.75. The molecule has 1 fully saturated rings. The largest absolute Gasteiger partial charge is 0.504 e. The molecule has 2 rings (SSSR count). The van der Waals surface area contributed by atoms with E-state index in [1.54, 1.807) is 6.07 Å². The highest BCUT2D eigenvalue weighted by molar-refractivity contribution is 5.75. The Morgan fingerprint density at radius 2 is 2.19 bits per heavy atom. The molecular weight excluding hydrogens is 270 g/mol. The number of nitrogens with zero attached hydrogens (tertiary/aromatic N) is 1. The normalized spacial score (nSPS) is 22.4. The summed E-state index contributed by atoms with van der Waals surface area (Å²) in [5, 5.41) is 19.1. The standard InChI is InChI=1S/C16H23NO4/c1-3-16(15(19)20)7-8-17(11-16)10-12-5-6-13(18)14(9-12)21-4-2/h5-6,9,18H,3-4,7-8,10-11H2,1-2H3,(H,19,20). The minimum Gasteiger partial charge on any atom is -0.504 e. The van der Waals surface area contributed by atoms with Gasteiger partial charge in [0.1, 0.15) is 0 Å². The molecule has 0 bridgehead atoms. The van der Waals surface area contributed by atoms with Crippen molar-refractivity contribution >= 4 is 5.97 Å². The lowest BCUT2D eigenvalue weighted by Gasteiger charge is -2.23. The summed E-state index contributed by atoms with van der Waals surface area (Å²) >= 11 is 0. The fourth-order valence-electron chi connectivity index (χ4n) is 2.89. The number of rotatable bonds is 6. The number of carboxylic acid groups (broad SMARTS) is 1. The first kappa shape index (κ1) is 15.6. The van der Waals surface area contributed by atoms with E-state index in [1.165, 1.54) is 0 Å². The summed E-state index contributed by atoms with van der Waals surface area (Å²) in [6, 6.07) is 5.30. The third kappa shape index (κ3) is 3.29. The number of ether oxygens (including phenoxy) is 1. The van der Waals surface area contributed by atoms with Crippen LogP contribution in [0.25, 0.3) is 0 Å². The van der Waals surface area contributed by atoms with Crippen molar-refractivity contribution in [1.29, 1.82) is 0 Å². The Labute approximate surface area is 125 Å². The fraction of sp³-hybridized carbons (Fsp3) is 0.562. The molecule has 0 aromatic heterocycles. The molecule has 2 N–H and O–H groups in total. The zero-order valence-corrected chi connectivity index (χ0v) is 12.6. The van der Waals surface area contributed by atoms with Crippen LogP contribution in [0.3, 0.4) is 0 Å². The first-order valence-electron chi connectivity index (χ1n) is 7.41. The molecule has 1 atom stereocenters. The molecule has 0 saturated carbocycles. The van der Waals surface area contributed by atoms with Crippen LogP contribution in [0.5, 0.6) is 11.5 Å². The topological polar surface area (TPSA) is 70.0 Å². The third-order valence-electron chi connectivity index (χ3n) is 4.29. The molecule has 5 heteroatoms. The summed E-state index contributed by atoms with van der Waals surface area (Å²) in [7, 11) is 0. The molecule has 1 heterocycles. The van der Waals surface area contributed by atoms with Gasteiger partial charge in [-0.25, -0.2) is 0 Å². The van der Waals surface area contributed by atoms with Crippen molar-refractivity contribution in [2.45, 2.75) is 33.2 Å². The van der Waals surface area contributed by atoms with E-state index >= 15 is 0 Å². The number of carboxylic acids is 1. The van der Waals surface area contributed by atoms with Gasteiger partial charge in [0.15, 0.2) is 11.5 Å². The van der Waals surface area contributed by atoms with Crippen LogP contribution in [-0.4, -0.2) is 40.8 Å². The van der Waals surface area contributed by atoms with E-state index in [2.05, 4.69) is 4.90 Å². The Kier molecular flexibility index (Phi) is 4.73. The van der Waals surface area contributed by atoms with Crippen molar-refractivity contribution < 1.29 is 19.7 Å². The smallest absolute Gasteiger partial charge is 0.310 e. The molecule has 0 aliphatic carbocycles. The number of hydrogen-bond donors (Lipinski definition) is 2. The van der Waals surface area contributed by atoms with E-state index in [4.69, 9.17) is 4.74 Å². The Morgan fingerprint density at radius 1 is 1.43 bits per heavy atom. The predicted octanol–water partition coefficient (Wildman–Crippen LogP) is 2.48. The molecule has 0 spiro atoms. The number of benzene rings is 1. The lowest BCUT2D eigenvalue weighted by molar-refractivity contribution is -0.148. The Morgan fingerprint density at radius 3 is 2.76 bits per heavy atom. The monoisotopic (exact) mass is 293 g/mol. The second-order valence-electron chi connectivity index (χ2n) is 5.63. The van der Waals surface area contributed by atoms with Crippen LogP contribution >= 0.6 is 0 Å². The van der Waals surface area contributed by atoms with Gasteiger partial charge in [-0.15, -0.1) is 0 Å². The fourth-order valence-corrected chi connectivity index (χ4v) is 2.89. The van der Waals surface area contributed by atoms with Crippen LogP contribution in [0, 0.1) is 5.41 Å². The zero-order chi connectivity index (χ0) is 15.5. The van der Waals surface area contributed by atoms with Crippen molar-refractivity contribution in [1.82, 2.24) is 4.90 Å². The van der Waals surface area contributed by atoms with Gasteiger partial charge in [-0.05, 0) is 44.0 Å². The number of carbonyl (C=O) groups is 1. The van der Waals surface area contributed by atoms with E-state index < -0.39 is 11.4 Å². The van der Waals surface area contributed by atoms with E-state index in [-0.39, 0.29) is 5.75 Å². The average Bonchev–Trinajstić information content (AvgIpc) is 2.87. The summed E-state index contributed by atoms with van der Waals surface area (Å²) in [6.45, 7) is 6.34. The summed E-state index contributed by atoms with van der Waals surface area (Å²) in [4.78, 5) is 13.6. The molecule has 0 radical (unpaired) electrons. The minimum atomic E-state index is -0.701. The van der Waals surface area contributed by atoms with E-state index in [9.17, 15) is 15.0 Å². The van der Waals surface area contributed by atoms with Crippen LogP contribution in [0.4, 0.5) is 0 Å². The van der Waals surface area contributed by atoms with Crippen LogP contribution in [0.1, 0.15) is 32.3 Å². The Balaban J connectivity index is 2.06. The van der Waals surface area contributed by atoms with Crippen molar-refractivity contribution in [2.75, 3.05) is 19.7 Å². The van der Waals surface area contributed by atoms with Gasteiger partial charge in [0.2, 0.25) is 0 Å². The number of phenolic OH excluding ortho intramolecular Hbond substituents is 1. The van der Waals surface area contributed by atoms with Gasteiger partial charge in [-0.2, -0.15) is 0 Å². The lowest BCUT2D eigenvalue weighted by atomic mass is 9.84. The van der Waals surface area contributed by atoms with Gasteiger partial charge in [0.05, 0.1) is 12.0 Å². The first-order valence-corrected chi connectivity index (χ1v) is 7.41. The molecule has 1 aliphatic heterocycles. The quantitative estimate of drug-likeness (QED) is 0.843. The maximum Gasteiger partial charge on any atom is 0.310 e. The highest BCUT2D eigenvalue weighted by atomic mass is 16.5. The minimum absolute atomic E-state index is 0.135. The van der Waals surface area contributed by atoms with E-state index in [0.29, 0.717) is 38.3 Å². The molecule has 116 valence electrons. The van der Waals surface area contributed by atoms with Crippen molar-refractivity contribution in [3.63, 3.8) is 0 Å². The molecule has 21 heavy (non-hydrogen) atoms. The van der Waals surface area contributed by atoms with Crippen molar-refractivity contribution in [3.8, 4) is 11.5 Å². The number of aliphatic carboxylic acids is 1. The summed E-state index contributed by atoms with van der Waals surface area (Å²) < 4.78 is 5.38. The maximum atomic E-state index is 11.5. The van der Waals surface area contributed by atoms with Gasteiger partial charge in [-0.3, -0.25) is 9.69 Å². The number of likely N-dealkylation sites (tertiary alicyclic amines) is 1. The molecule has 1 aliphatic rings. The molecule has 1 saturated heterocycles. The summed E-state index contributed by atoms with van der Waals surface area (Å²) in [5.41, 5.74) is 0.410. The van der Waals surface area contributed by atoms with Crippen LogP contribution in [0.15, 0.2) is 18.2 Å². The highest BCUT2D eigenvalue weighted by Crippen LogP contribution is 2.35. The third-order valence-corrected chi connectivity index (χ3v) is 4.29. The average molecular weight is 293 g/mol. The molecule has 1 unspecified atom stereocenters. The molecular formula is C16H23NO4. The second kappa shape index (κ2) is 6.35. The maximum absolute atomic E-state index is 11.5. The number of phenols is 1. The number of aromatic hydroxyl groups is 1. The van der Waals surface area contributed by atoms with Crippen LogP contribution in [-0.2, 0) is 11.3 Å². The van der Waals surface area contributed by atoms with Gasteiger partial charge in [0, 0.05) is 13.1 Å². The van der Waals surface area contributed by atoms with E-state index in [0.717, 1.165) is 12.1 Å². The summed E-state index contributed by atoms with van der Waals surface area (Å²) in [6.07, 6.45) is 1.34. The van der Waals surface area contributed by atoms with Crippen LogP contribution < -0.4 is 4.74 Å². The van der Waals surface area contributed by atoms with Crippen molar-refractivity contribution in [3.05, 3.63) is 23.8 Å². The van der Waals surface area contributed by atoms with Gasteiger partial charge in [0.25, 0.3) is 0 Å². The molecule has 5 nitrogen and oxygen atoms in total. The van der Waals surface area contributed by atoms with Crippen molar-refractivity contribution in [2.24, 2.45) is 5.41 Å². The SMILES string of the molecule is CCOc1cc(CN2CCC(CC)(C(=O)O)C2)ccc1O. The first-order chi connectivity index (χ1) is 10.0. The molecule has 0 amide bonds. The van der Waals surface area contributed by atoms with Gasteiger partial charge >= 0.3 is 5.97 Å². The Bertz CT molecular complexity index is 517. The predicted molar refractivity (Wildman–Crippen MR) is 79.5 cm³/mol. The van der Waals surface area contributed by atoms with Crippen LogP contribution in [0.2, 0.25) is 0 Å². The highest BCUT2D eigenvalue weighted by Gasteiger charge is 2.43. The van der Waals surface area contributed by atoms with Gasteiger partial charge in [-0.1, -0.05) is 13.0 Å². The second-order valence-corrected chi connectivity index (χ2v) is 5.63. The van der Waals surface area contributed by atoms with Gasteiger partial charge < -0.3 is 14.9 Å². The molecule has 1 aromatic rings. The van der Waals surface area contributed by atoms with E-state index in [1.807, 2.05) is 26.0 Å².